The number of hydrogen-bond acceptors (Lipinski definition) is 2. The molecule has 2 rings (SSSR count). The Morgan fingerprint density at radius 3 is 2.60 bits per heavy atom. The maximum absolute atomic E-state index is 11.8. The summed E-state index contributed by atoms with van der Waals surface area (Å²) >= 11 is 12.6. The Bertz CT molecular complexity index is 634. The van der Waals surface area contributed by atoms with E-state index >= 15 is 0 Å². The van der Waals surface area contributed by atoms with E-state index in [0.717, 1.165) is 8.95 Å². The van der Waals surface area contributed by atoms with Crippen LogP contribution in [0.3, 0.4) is 0 Å². The SMILES string of the molecule is O=C(COc1ccc(Br)cc1Cl)Nc1cccc(Br)c1. The van der Waals surface area contributed by atoms with Crippen LogP contribution < -0.4 is 10.1 Å². The van der Waals surface area contributed by atoms with Gasteiger partial charge in [0.1, 0.15) is 5.75 Å². The first-order chi connectivity index (χ1) is 9.54. The van der Waals surface area contributed by atoms with Gasteiger partial charge in [-0.05, 0) is 36.4 Å². The zero-order chi connectivity index (χ0) is 14.5. The fourth-order valence-corrected chi connectivity index (χ4v) is 2.63. The van der Waals surface area contributed by atoms with Crippen LogP contribution in [0.5, 0.6) is 5.75 Å². The van der Waals surface area contributed by atoms with E-state index in [1.165, 1.54) is 0 Å². The van der Waals surface area contributed by atoms with Gasteiger partial charge in [0.15, 0.2) is 6.61 Å². The molecule has 0 radical (unpaired) electrons. The lowest BCUT2D eigenvalue weighted by molar-refractivity contribution is -0.118. The monoisotopic (exact) mass is 417 g/mol. The minimum absolute atomic E-state index is 0.103. The van der Waals surface area contributed by atoms with Gasteiger partial charge < -0.3 is 10.1 Å². The van der Waals surface area contributed by atoms with Crippen molar-refractivity contribution in [3.05, 3.63) is 56.4 Å². The second kappa shape index (κ2) is 7.11. The van der Waals surface area contributed by atoms with Crippen LogP contribution in [-0.2, 0) is 4.79 Å². The molecule has 2 aromatic carbocycles. The second-order valence-corrected chi connectivity index (χ2v) is 6.16. The Balaban J connectivity index is 1.92. The molecule has 6 heteroatoms. The summed E-state index contributed by atoms with van der Waals surface area (Å²) < 4.78 is 7.13. The molecule has 0 fully saturated rings. The van der Waals surface area contributed by atoms with Crippen molar-refractivity contribution in [2.75, 3.05) is 11.9 Å². The van der Waals surface area contributed by atoms with Crippen LogP contribution in [0.15, 0.2) is 51.4 Å². The van der Waals surface area contributed by atoms with Crippen molar-refractivity contribution in [1.29, 1.82) is 0 Å². The highest BCUT2D eigenvalue weighted by Crippen LogP contribution is 2.27. The average molecular weight is 420 g/mol. The number of amides is 1. The molecule has 0 aromatic heterocycles. The summed E-state index contributed by atoms with van der Waals surface area (Å²) in [6, 6.07) is 12.6. The zero-order valence-electron chi connectivity index (χ0n) is 10.2. The molecule has 0 atom stereocenters. The first-order valence-corrected chi connectivity index (χ1v) is 7.64. The third-order valence-electron chi connectivity index (χ3n) is 2.36. The first-order valence-electron chi connectivity index (χ1n) is 5.68. The Hall–Kier alpha value is -1.04. The van der Waals surface area contributed by atoms with Gasteiger partial charge in [-0.3, -0.25) is 4.79 Å². The lowest BCUT2D eigenvalue weighted by Crippen LogP contribution is -2.20. The van der Waals surface area contributed by atoms with E-state index in [-0.39, 0.29) is 12.5 Å². The van der Waals surface area contributed by atoms with Crippen LogP contribution >= 0.6 is 43.5 Å². The van der Waals surface area contributed by atoms with Crippen LogP contribution in [0.4, 0.5) is 5.69 Å². The van der Waals surface area contributed by atoms with Gasteiger partial charge in [-0.1, -0.05) is 49.5 Å². The summed E-state index contributed by atoms with van der Waals surface area (Å²) in [6.07, 6.45) is 0. The molecule has 0 bridgehead atoms. The lowest BCUT2D eigenvalue weighted by Gasteiger charge is -2.09. The molecule has 1 N–H and O–H groups in total. The number of benzene rings is 2. The van der Waals surface area contributed by atoms with Gasteiger partial charge in [0.05, 0.1) is 5.02 Å². The molecule has 2 aromatic rings. The van der Waals surface area contributed by atoms with Gasteiger partial charge in [-0.2, -0.15) is 0 Å². The summed E-state index contributed by atoms with van der Waals surface area (Å²) in [6.45, 7) is -0.103. The molecule has 20 heavy (non-hydrogen) atoms. The Kier molecular flexibility index (Phi) is 5.46. The quantitative estimate of drug-likeness (QED) is 0.767. The summed E-state index contributed by atoms with van der Waals surface area (Å²) in [5, 5.41) is 3.19. The number of halogens is 3. The number of carbonyl (C=O) groups is 1. The highest BCUT2D eigenvalue weighted by atomic mass is 79.9. The molecule has 0 unspecified atom stereocenters. The van der Waals surface area contributed by atoms with E-state index in [2.05, 4.69) is 37.2 Å². The van der Waals surface area contributed by atoms with Gasteiger partial charge in [0, 0.05) is 14.6 Å². The largest absolute Gasteiger partial charge is 0.482 e. The van der Waals surface area contributed by atoms with Crippen LogP contribution in [0, 0.1) is 0 Å². The van der Waals surface area contributed by atoms with E-state index in [9.17, 15) is 4.79 Å². The summed E-state index contributed by atoms with van der Waals surface area (Å²) in [5.41, 5.74) is 0.704. The summed E-state index contributed by atoms with van der Waals surface area (Å²) in [5.74, 6) is 0.223. The van der Waals surface area contributed by atoms with Crippen molar-refractivity contribution < 1.29 is 9.53 Å². The third kappa shape index (κ3) is 4.51. The summed E-state index contributed by atoms with van der Waals surface area (Å²) in [4.78, 5) is 11.8. The van der Waals surface area contributed by atoms with Gasteiger partial charge in [-0.25, -0.2) is 0 Å². The number of anilines is 1. The van der Waals surface area contributed by atoms with Crippen molar-refractivity contribution in [3.8, 4) is 5.75 Å². The minimum Gasteiger partial charge on any atom is -0.482 e. The molecule has 104 valence electrons. The average Bonchev–Trinajstić information content (AvgIpc) is 2.37. The van der Waals surface area contributed by atoms with E-state index in [0.29, 0.717) is 16.5 Å². The molecule has 0 saturated carbocycles. The van der Waals surface area contributed by atoms with Crippen LogP contribution in [0.1, 0.15) is 0 Å². The zero-order valence-corrected chi connectivity index (χ0v) is 14.1. The van der Waals surface area contributed by atoms with Crippen LogP contribution in [-0.4, -0.2) is 12.5 Å². The van der Waals surface area contributed by atoms with Crippen molar-refractivity contribution >= 4 is 55.1 Å². The molecular formula is C14H10Br2ClNO2. The molecule has 0 heterocycles. The predicted octanol–water partition coefficient (Wildman–Crippen LogP) is 4.88. The maximum Gasteiger partial charge on any atom is 0.262 e. The van der Waals surface area contributed by atoms with E-state index in [1.54, 1.807) is 24.3 Å². The first kappa shape index (κ1) is 15.4. The van der Waals surface area contributed by atoms with Crippen molar-refractivity contribution in [3.63, 3.8) is 0 Å². The predicted molar refractivity (Wildman–Crippen MR) is 87.4 cm³/mol. The highest BCUT2D eigenvalue weighted by molar-refractivity contribution is 9.10. The van der Waals surface area contributed by atoms with E-state index in [4.69, 9.17) is 16.3 Å². The van der Waals surface area contributed by atoms with Gasteiger partial charge in [0.25, 0.3) is 5.91 Å². The van der Waals surface area contributed by atoms with Crippen molar-refractivity contribution in [1.82, 2.24) is 0 Å². The van der Waals surface area contributed by atoms with E-state index in [1.807, 2.05) is 18.2 Å². The smallest absolute Gasteiger partial charge is 0.262 e. The molecule has 1 amide bonds. The Morgan fingerprint density at radius 2 is 1.90 bits per heavy atom. The van der Waals surface area contributed by atoms with Crippen LogP contribution in [0.25, 0.3) is 0 Å². The number of carbonyl (C=O) groups excluding carboxylic acids is 1. The molecular weight excluding hydrogens is 409 g/mol. The molecule has 0 aliphatic carbocycles. The fraction of sp³-hybridized carbons (Fsp3) is 0.0714. The number of ether oxygens (including phenoxy) is 1. The highest BCUT2D eigenvalue weighted by Gasteiger charge is 2.07. The summed E-state index contributed by atoms with van der Waals surface area (Å²) in [7, 11) is 0. The number of rotatable bonds is 4. The topological polar surface area (TPSA) is 38.3 Å². The Morgan fingerprint density at radius 1 is 1.15 bits per heavy atom. The molecule has 0 saturated heterocycles. The van der Waals surface area contributed by atoms with Gasteiger partial charge in [-0.15, -0.1) is 0 Å². The third-order valence-corrected chi connectivity index (χ3v) is 3.64. The minimum atomic E-state index is -0.248. The van der Waals surface area contributed by atoms with Crippen molar-refractivity contribution in [2.45, 2.75) is 0 Å². The van der Waals surface area contributed by atoms with Crippen LogP contribution in [0.2, 0.25) is 5.02 Å². The normalized spacial score (nSPS) is 10.2. The van der Waals surface area contributed by atoms with Gasteiger partial charge >= 0.3 is 0 Å². The molecule has 0 aliphatic heterocycles. The Labute approximate surface area is 138 Å². The standard InChI is InChI=1S/C14H10Br2ClNO2/c15-9-2-1-3-11(6-9)18-14(19)8-20-13-5-4-10(16)7-12(13)17/h1-7H,8H2,(H,18,19). The van der Waals surface area contributed by atoms with Gasteiger partial charge in [0.2, 0.25) is 0 Å². The fourth-order valence-electron chi connectivity index (χ4n) is 1.50. The van der Waals surface area contributed by atoms with Crippen molar-refractivity contribution in [2.24, 2.45) is 0 Å². The molecule has 3 nitrogen and oxygen atoms in total. The number of hydrogen-bond donors (Lipinski definition) is 1. The maximum atomic E-state index is 11.8. The lowest BCUT2D eigenvalue weighted by atomic mass is 10.3. The molecule has 0 aliphatic rings. The van der Waals surface area contributed by atoms with E-state index < -0.39 is 0 Å². The second-order valence-electron chi connectivity index (χ2n) is 3.92. The molecule has 0 spiro atoms. The number of nitrogens with one attached hydrogen (secondary N) is 1.